The Morgan fingerprint density at radius 1 is 1.38 bits per heavy atom. The van der Waals surface area contributed by atoms with Gasteiger partial charge in [0.05, 0.1) is 0 Å². The van der Waals surface area contributed by atoms with E-state index in [0.29, 0.717) is 24.8 Å². The molecule has 1 aromatic heterocycles. The van der Waals surface area contributed by atoms with Gasteiger partial charge in [0.2, 0.25) is 0 Å². The summed E-state index contributed by atoms with van der Waals surface area (Å²) in [5, 5.41) is 8.21. The quantitative estimate of drug-likeness (QED) is 0.675. The second-order valence-electron chi connectivity index (χ2n) is 9.40. The van der Waals surface area contributed by atoms with Crippen molar-refractivity contribution in [2.24, 2.45) is 11.1 Å². The monoisotopic (exact) mass is 426 g/mol. The van der Waals surface area contributed by atoms with Crippen LogP contribution in [0.4, 0.5) is 10.6 Å². The molecule has 1 saturated heterocycles. The molecule has 0 bridgehead atoms. The summed E-state index contributed by atoms with van der Waals surface area (Å²) >= 11 is 0. The molecule has 1 aliphatic heterocycles. The van der Waals surface area contributed by atoms with Crippen molar-refractivity contribution in [3.8, 4) is 0 Å². The summed E-state index contributed by atoms with van der Waals surface area (Å²) in [7, 11) is -3.83. The minimum Gasteiger partial charge on any atom is -0.444 e. The lowest BCUT2D eigenvalue weighted by Gasteiger charge is -2.33. The van der Waals surface area contributed by atoms with Gasteiger partial charge in [-0.05, 0) is 78.4 Å². The van der Waals surface area contributed by atoms with E-state index in [9.17, 15) is 13.2 Å². The van der Waals surface area contributed by atoms with Crippen molar-refractivity contribution in [3.63, 3.8) is 0 Å². The molecule has 1 amide bonds. The van der Waals surface area contributed by atoms with Crippen LogP contribution in [0.3, 0.4) is 0 Å². The van der Waals surface area contributed by atoms with Gasteiger partial charge in [0, 0.05) is 18.6 Å². The molecular formula is C20H34N4O4S. The Kier molecular flexibility index (Phi) is 6.84. The largest absolute Gasteiger partial charge is 0.444 e. The van der Waals surface area contributed by atoms with Gasteiger partial charge in [0.15, 0.2) is 5.03 Å². The van der Waals surface area contributed by atoms with Gasteiger partial charge in [-0.1, -0.05) is 6.07 Å². The number of primary sulfonamides is 1. The van der Waals surface area contributed by atoms with Gasteiger partial charge in [0.1, 0.15) is 11.4 Å². The summed E-state index contributed by atoms with van der Waals surface area (Å²) in [4.78, 5) is 18.5. The number of anilines is 1. The second-order valence-corrected chi connectivity index (χ2v) is 10.9. The third-order valence-corrected chi connectivity index (χ3v) is 5.83. The van der Waals surface area contributed by atoms with Crippen LogP contribution in [0.25, 0.3) is 0 Å². The molecule has 0 aliphatic carbocycles. The van der Waals surface area contributed by atoms with Gasteiger partial charge in [-0.3, -0.25) is 0 Å². The molecule has 164 valence electrons. The van der Waals surface area contributed by atoms with Crippen LogP contribution in [0.1, 0.15) is 59.4 Å². The Bertz CT molecular complexity index is 847. The number of aryl methyl sites for hydroxylation is 1. The molecule has 9 heteroatoms. The van der Waals surface area contributed by atoms with Crippen LogP contribution in [0, 0.1) is 12.8 Å². The Hall–Kier alpha value is -1.87. The Labute approximate surface area is 174 Å². The van der Waals surface area contributed by atoms with Gasteiger partial charge in [-0.15, -0.1) is 0 Å². The van der Waals surface area contributed by atoms with E-state index in [0.717, 1.165) is 24.8 Å². The number of pyridine rings is 1. The highest BCUT2D eigenvalue weighted by Gasteiger charge is 2.42. The van der Waals surface area contributed by atoms with Crippen LogP contribution in [0.2, 0.25) is 0 Å². The van der Waals surface area contributed by atoms with Crippen LogP contribution < -0.4 is 10.5 Å². The first-order chi connectivity index (χ1) is 13.2. The standard InChI is InChI=1S/C20H34N4O4S/c1-14-9-10-16(29(21,26)27)23-17(14)22-11-7-8-15-12-20(5,6)24(13-15)18(25)28-19(2,3)4/h9-10,15H,7-8,11-13H2,1-6H3,(H,22,23)(H2,21,26,27). The number of sulfonamides is 1. The van der Waals surface area contributed by atoms with Gasteiger partial charge in [-0.25, -0.2) is 23.3 Å². The highest BCUT2D eigenvalue weighted by Crippen LogP contribution is 2.36. The summed E-state index contributed by atoms with van der Waals surface area (Å²) in [6.45, 7) is 13.0. The molecule has 1 unspecified atom stereocenters. The molecule has 3 N–H and O–H groups in total. The number of rotatable bonds is 6. The van der Waals surface area contributed by atoms with Crippen LogP contribution in [-0.4, -0.2) is 48.6 Å². The maximum atomic E-state index is 12.5. The normalized spacial score (nSPS) is 19.3. The van der Waals surface area contributed by atoms with Crippen molar-refractivity contribution < 1.29 is 17.9 Å². The number of aromatic nitrogens is 1. The van der Waals surface area contributed by atoms with E-state index < -0.39 is 15.6 Å². The molecule has 8 nitrogen and oxygen atoms in total. The summed E-state index contributed by atoms with van der Waals surface area (Å²) in [6.07, 6.45) is 2.49. The summed E-state index contributed by atoms with van der Waals surface area (Å²) in [5.74, 6) is 0.919. The molecule has 1 aromatic rings. The zero-order valence-corrected chi connectivity index (χ0v) is 19.1. The Balaban J connectivity index is 1.88. The van der Waals surface area contributed by atoms with Crippen LogP contribution in [0.5, 0.6) is 0 Å². The van der Waals surface area contributed by atoms with E-state index >= 15 is 0 Å². The minimum absolute atomic E-state index is 0.142. The summed E-state index contributed by atoms with van der Waals surface area (Å²) in [5.41, 5.74) is 0.115. The van der Waals surface area contributed by atoms with Crippen molar-refractivity contribution >= 4 is 21.9 Å². The molecule has 1 fully saturated rings. The first-order valence-electron chi connectivity index (χ1n) is 9.94. The third-order valence-electron chi connectivity index (χ3n) is 5.02. The number of carbonyl (C=O) groups excluding carboxylic acids is 1. The average molecular weight is 427 g/mol. The van der Waals surface area contributed by atoms with E-state index in [1.807, 2.05) is 32.6 Å². The Morgan fingerprint density at radius 2 is 2.03 bits per heavy atom. The highest BCUT2D eigenvalue weighted by atomic mass is 32.2. The van der Waals surface area contributed by atoms with Crippen LogP contribution in [0.15, 0.2) is 17.2 Å². The topological polar surface area (TPSA) is 115 Å². The number of nitrogens with zero attached hydrogens (tertiary/aromatic N) is 2. The molecule has 0 spiro atoms. The third kappa shape index (κ3) is 6.57. The average Bonchev–Trinajstić information content (AvgIpc) is 2.85. The first kappa shape index (κ1) is 23.4. The zero-order chi connectivity index (χ0) is 22.0. The molecule has 1 aliphatic rings. The van der Waals surface area contributed by atoms with E-state index in [2.05, 4.69) is 24.1 Å². The molecule has 2 heterocycles. The molecule has 0 saturated carbocycles. The van der Waals surface area contributed by atoms with E-state index in [1.54, 1.807) is 6.07 Å². The van der Waals surface area contributed by atoms with E-state index in [4.69, 9.17) is 9.88 Å². The van der Waals surface area contributed by atoms with Gasteiger partial charge >= 0.3 is 6.09 Å². The maximum Gasteiger partial charge on any atom is 0.410 e. The van der Waals surface area contributed by atoms with Gasteiger partial charge in [0.25, 0.3) is 10.0 Å². The SMILES string of the molecule is Cc1ccc(S(N)(=O)=O)nc1NCCCC1CN(C(=O)OC(C)(C)C)C(C)(C)C1. The number of hydrogen-bond donors (Lipinski definition) is 2. The summed E-state index contributed by atoms with van der Waals surface area (Å²) < 4.78 is 28.5. The van der Waals surface area contributed by atoms with E-state index in [1.165, 1.54) is 6.07 Å². The van der Waals surface area contributed by atoms with Crippen molar-refractivity contribution in [1.82, 2.24) is 9.88 Å². The fourth-order valence-corrected chi connectivity index (χ4v) is 4.14. The number of carbonyl (C=O) groups is 1. The number of nitrogens with two attached hydrogens (primary N) is 1. The van der Waals surface area contributed by atoms with Crippen molar-refractivity contribution in [2.45, 2.75) is 77.0 Å². The van der Waals surface area contributed by atoms with Crippen molar-refractivity contribution in [1.29, 1.82) is 0 Å². The number of amides is 1. The zero-order valence-electron chi connectivity index (χ0n) is 18.3. The molecule has 29 heavy (non-hydrogen) atoms. The van der Waals surface area contributed by atoms with E-state index in [-0.39, 0.29) is 16.7 Å². The molecular weight excluding hydrogens is 392 g/mol. The molecule has 0 aromatic carbocycles. The van der Waals surface area contributed by atoms with Gasteiger partial charge < -0.3 is 15.0 Å². The molecule has 2 rings (SSSR count). The van der Waals surface area contributed by atoms with Crippen molar-refractivity contribution in [2.75, 3.05) is 18.4 Å². The predicted octanol–water partition coefficient (Wildman–Crippen LogP) is 3.27. The lowest BCUT2D eigenvalue weighted by molar-refractivity contribution is 0.0131. The van der Waals surface area contributed by atoms with Gasteiger partial charge in [-0.2, -0.15) is 0 Å². The Morgan fingerprint density at radius 3 is 2.62 bits per heavy atom. The van der Waals surface area contributed by atoms with Crippen molar-refractivity contribution in [3.05, 3.63) is 17.7 Å². The van der Waals surface area contributed by atoms with Crippen LogP contribution >= 0.6 is 0 Å². The number of nitrogens with one attached hydrogen (secondary N) is 1. The highest BCUT2D eigenvalue weighted by molar-refractivity contribution is 7.89. The first-order valence-corrected chi connectivity index (χ1v) is 11.5. The lowest BCUT2D eigenvalue weighted by Crippen LogP contribution is -2.45. The second kappa shape index (κ2) is 8.47. The van der Waals surface area contributed by atoms with Crippen LogP contribution in [-0.2, 0) is 14.8 Å². The number of likely N-dealkylation sites (tertiary alicyclic amines) is 1. The maximum absolute atomic E-state index is 12.5. The fraction of sp³-hybridized carbons (Fsp3) is 0.700. The fourth-order valence-electron chi connectivity index (χ4n) is 3.66. The lowest BCUT2D eigenvalue weighted by atomic mass is 9.93. The molecule has 1 atom stereocenters. The number of ether oxygens (including phenoxy) is 1. The predicted molar refractivity (Wildman–Crippen MR) is 113 cm³/mol. The minimum atomic E-state index is -3.83. The smallest absolute Gasteiger partial charge is 0.410 e. The number of hydrogen-bond acceptors (Lipinski definition) is 6. The molecule has 0 radical (unpaired) electrons. The summed E-state index contributed by atoms with van der Waals surface area (Å²) in [6, 6.07) is 3.09.